The lowest BCUT2D eigenvalue weighted by molar-refractivity contribution is 0.103. The van der Waals surface area contributed by atoms with Crippen molar-refractivity contribution in [1.29, 1.82) is 0 Å². The molecule has 1 aliphatic heterocycles. The molecule has 3 rings (SSSR count). The maximum Gasteiger partial charge on any atom is 0.196 e. The molecule has 0 bridgehead atoms. The van der Waals surface area contributed by atoms with Gasteiger partial charge in [0.25, 0.3) is 0 Å². The Hall–Kier alpha value is -2.23. The summed E-state index contributed by atoms with van der Waals surface area (Å²) >= 11 is 0. The average molecular weight is 281 g/mol. The summed E-state index contributed by atoms with van der Waals surface area (Å²) in [5.74, 6) is 0.785. The molecule has 1 aliphatic rings. The van der Waals surface area contributed by atoms with Gasteiger partial charge in [-0.05, 0) is 37.0 Å². The van der Waals surface area contributed by atoms with Crippen LogP contribution in [0.25, 0.3) is 0 Å². The Labute approximate surface area is 124 Å². The molecule has 4 heteroatoms. The van der Waals surface area contributed by atoms with Crippen molar-refractivity contribution in [1.82, 2.24) is 10.2 Å². The summed E-state index contributed by atoms with van der Waals surface area (Å²) in [6.07, 6.45) is 5.44. The van der Waals surface area contributed by atoms with Gasteiger partial charge in [-0.15, -0.1) is 0 Å². The van der Waals surface area contributed by atoms with Crippen molar-refractivity contribution >= 4 is 11.5 Å². The first-order valence-corrected chi connectivity index (χ1v) is 7.41. The molecular weight excluding hydrogens is 262 g/mol. The fourth-order valence-electron chi connectivity index (χ4n) is 2.77. The molecule has 0 amide bonds. The Morgan fingerprint density at radius 2 is 1.90 bits per heavy atom. The third-order valence-corrected chi connectivity index (χ3v) is 4.12. The lowest BCUT2D eigenvalue weighted by Crippen LogP contribution is -2.33. The fraction of sp³-hybridized carbons (Fsp3) is 0.353. The number of anilines is 1. The van der Waals surface area contributed by atoms with Crippen molar-refractivity contribution in [3.8, 4) is 0 Å². The van der Waals surface area contributed by atoms with Crippen LogP contribution in [0.3, 0.4) is 0 Å². The highest BCUT2D eigenvalue weighted by molar-refractivity contribution is 6.12. The van der Waals surface area contributed by atoms with E-state index in [1.54, 1.807) is 12.3 Å². The molecule has 0 radical (unpaired) electrons. The van der Waals surface area contributed by atoms with Crippen LogP contribution in [0.15, 0.2) is 42.7 Å². The summed E-state index contributed by atoms with van der Waals surface area (Å²) in [7, 11) is 0. The first-order valence-electron chi connectivity index (χ1n) is 7.41. The molecule has 0 N–H and O–H groups in total. The third kappa shape index (κ3) is 2.94. The van der Waals surface area contributed by atoms with E-state index < -0.39 is 0 Å². The van der Waals surface area contributed by atoms with Crippen LogP contribution in [0, 0.1) is 5.92 Å². The molecule has 1 saturated heterocycles. The Bertz CT molecular complexity index is 619. The fourth-order valence-corrected chi connectivity index (χ4v) is 2.77. The minimum Gasteiger partial charge on any atom is -0.371 e. The number of carbonyl (C=O) groups is 1. The minimum atomic E-state index is 0.0131. The van der Waals surface area contributed by atoms with E-state index in [1.165, 1.54) is 19.0 Å². The van der Waals surface area contributed by atoms with Crippen molar-refractivity contribution < 1.29 is 4.79 Å². The van der Waals surface area contributed by atoms with Gasteiger partial charge >= 0.3 is 0 Å². The molecular formula is C17H19N3O. The minimum absolute atomic E-state index is 0.0131. The van der Waals surface area contributed by atoms with E-state index in [2.05, 4.69) is 22.0 Å². The van der Waals surface area contributed by atoms with Crippen LogP contribution >= 0.6 is 0 Å². The van der Waals surface area contributed by atoms with Crippen molar-refractivity contribution in [3.05, 3.63) is 53.9 Å². The second-order valence-corrected chi connectivity index (χ2v) is 5.65. The predicted molar refractivity (Wildman–Crippen MR) is 82.5 cm³/mol. The first kappa shape index (κ1) is 13.7. The second-order valence-electron chi connectivity index (χ2n) is 5.65. The number of ketones is 1. The summed E-state index contributed by atoms with van der Waals surface area (Å²) in [5.41, 5.74) is 2.37. The molecule has 1 fully saturated rings. The number of nitrogens with zero attached hydrogens (tertiary/aromatic N) is 3. The van der Waals surface area contributed by atoms with Crippen molar-refractivity contribution in [2.24, 2.45) is 5.92 Å². The number of para-hydroxylation sites is 1. The van der Waals surface area contributed by atoms with Crippen molar-refractivity contribution in [2.75, 3.05) is 18.0 Å². The Balaban J connectivity index is 1.91. The molecule has 1 aromatic heterocycles. The molecule has 0 atom stereocenters. The molecule has 2 aromatic rings. The number of carbonyl (C=O) groups excluding carboxylic acids is 1. The van der Waals surface area contributed by atoms with Gasteiger partial charge in [-0.25, -0.2) is 0 Å². The van der Waals surface area contributed by atoms with Crippen LogP contribution in [0.1, 0.15) is 35.7 Å². The monoisotopic (exact) mass is 281 g/mol. The molecule has 108 valence electrons. The topological polar surface area (TPSA) is 46.1 Å². The number of rotatable bonds is 3. The van der Waals surface area contributed by atoms with Crippen molar-refractivity contribution in [3.63, 3.8) is 0 Å². The summed E-state index contributed by atoms with van der Waals surface area (Å²) in [6, 6.07) is 9.56. The number of aromatic nitrogens is 2. The molecule has 0 aliphatic carbocycles. The average Bonchev–Trinajstić information content (AvgIpc) is 2.56. The number of hydrogen-bond acceptors (Lipinski definition) is 4. The van der Waals surface area contributed by atoms with Crippen LogP contribution < -0.4 is 4.90 Å². The van der Waals surface area contributed by atoms with Gasteiger partial charge in [-0.1, -0.05) is 19.1 Å². The zero-order valence-corrected chi connectivity index (χ0v) is 12.2. The van der Waals surface area contributed by atoms with Crippen LogP contribution in [-0.4, -0.2) is 29.1 Å². The maximum atomic E-state index is 12.7. The highest BCUT2D eigenvalue weighted by Gasteiger charge is 2.21. The zero-order valence-electron chi connectivity index (χ0n) is 12.2. The third-order valence-electron chi connectivity index (χ3n) is 4.12. The van der Waals surface area contributed by atoms with E-state index in [0.29, 0.717) is 5.56 Å². The molecule has 0 unspecified atom stereocenters. The van der Waals surface area contributed by atoms with Gasteiger partial charge < -0.3 is 4.90 Å². The Morgan fingerprint density at radius 3 is 2.62 bits per heavy atom. The van der Waals surface area contributed by atoms with E-state index in [0.717, 1.165) is 30.3 Å². The van der Waals surface area contributed by atoms with Gasteiger partial charge in [-0.2, -0.15) is 10.2 Å². The highest BCUT2D eigenvalue weighted by atomic mass is 16.1. The number of benzene rings is 1. The molecule has 1 aromatic carbocycles. The van der Waals surface area contributed by atoms with Crippen LogP contribution in [0.4, 0.5) is 5.69 Å². The number of piperidine rings is 1. The summed E-state index contributed by atoms with van der Waals surface area (Å²) in [5, 5.41) is 7.53. The van der Waals surface area contributed by atoms with Gasteiger partial charge in [-0.3, -0.25) is 4.79 Å². The van der Waals surface area contributed by atoms with Crippen molar-refractivity contribution in [2.45, 2.75) is 19.8 Å². The summed E-state index contributed by atoms with van der Waals surface area (Å²) in [6.45, 7) is 4.32. The lowest BCUT2D eigenvalue weighted by atomic mass is 9.96. The predicted octanol–water partition coefficient (Wildman–Crippen LogP) is 2.94. The molecule has 21 heavy (non-hydrogen) atoms. The first-order chi connectivity index (χ1) is 10.3. The van der Waals surface area contributed by atoms with Gasteiger partial charge in [0.15, 0.2) is 5.78 Å². The van der Waals surface area contributed by atoms with E-state index in [9.17, 15) is 4.79 Å². The van der Waals surface area contributed by atoms with Gasteiger partial charge in [0.2, 0.25) is 0 Å². The normalized spacial score (nSPS) is 16.0. The SMILES string of the molecule is CC1CCN(c2ccccc2C(=O)c2ccnnc2)CC1. The maximum absolute atomic E-state index is 12.7. The zero-order chi connectivity index (χ0) is 14.7. The van der Waals surface area contributed by atoms with Gasteiger partial charge in [0.05, 0.1) is 12.4 Å². The van der Waals surface area contributed by atoms with Gasteiger partial charge in [0, 0.05) is 29.9 Å². The van der Waals surface area contributed by atoms with Crippen LogP contribution in [0.5, 0.6) is 0 Å². The van der Waals surface area contributed by atoms with Crippen LogP contribution in [-0.2, 0) is 0 Å². The molecule has 4 nitrogen and oxygen atoms in total. The largest absolute Gasteiger partial charge is 0.371 e. The van der Waals surface area contributed by atoms with Gasteiger partial charge in [0.1, 0.15) is 0 Å². The quantitative estimate of drug-likeness (QED) is 0.811. The standard InChI is InChI=1S/C17H19N3O/c1-13-7-10-20(11-8-13)16-5-3-2-4-15(16)17(21)14-6-9-18-19-12-14/h2-6,9,12-13H,7-8,10-11H2,1H3. The molecule has 0 saturated carbocycles. The number of hydrogen-bond donors (Lipinski definition) is 0. The van der Waals surface area contributed by atoms with E-state index >= 15 is 0 Å². The second kappa shape index (κ2) is 6.04. The lowest BCUT2D eigenvalue weighted by Gasteiger charge is -2.33. The molecule has 2 heterocycles. The van der Waals surface area contributed by atoms with Crippen LogP contribution in [0.2, 0.25) is 0 Å². The Morgan fingerprint density at radius 1 is 1.14 bits per heavy atom. The smallest absolute Gasteiger partial charge is 0.196 e. The van der Waals surface area contributed by atoms with E-state index in [1.807, 2.05) is 24.3 Å². The summed E-state index contributed by atoms with van der Waals surface area (Å²) in [4.78, 5) is 15.0. The highest BCUT2D eigenvalue weighted by Crippen LogP contribution is 2.27. The summed E-state index contributed by atoms with van der Waals surface area (Å²) < 4.78 is 0. The molecule has 0 spiro atoms. The van der Waals surface area contributed by atoms with E-state index in [-0.39, 0.29) is 5.78 Å². The van der Waals surface area contributed by atoms with E-state index in [4.69, 9.17) is 0 Å². The Kier molecular flexibility index (Phi) is 3.95.